The Hall–Kier alpha value is -1.43. The minimum absolute atomic E-state index is 0.331. The fourth-order valence-electron chi connectivity index (χ4n) is 4.00. The molecule has 21 heavy (non-hydrogen) atoms. The third-order valence-electron chi connectivity index (χ3n) is 5.05. The van der Waals surface area contributed by atoms with Crippen molar-refractivity contribution >= 4 is 5.97 Å². The van der Waals surface area contributed by atoms with Crippen molar-refractivity contribution in [2.75, 3.05) is 20.8 Å². The summed E-state index contributed by atoms with van der Waals surface area (Å²) in [7, 11) is 3.03. The second-order valence-corrected chi connectivity index (χ2v) is 6.24. The lowest BCUT2D eigenvalue weighted by Gasteiger charge is -2.22. The molecule has 2 bridgehead atoms. The largest absolute Gasteiger partial charge is 0.464 e. The molecule has 6 heteroatoms. The first-order valence-corrected chi connectivity index (χ1v) is 7.72. The maximum absolute atomic E-state index is 11.8. The Morgan fingerprint density at radius 3 is 2.81 bits per heavy atom. The van der Waals surface area contributed by atoms with E-state index in [4.69, 9.17) is 9.47 Å². The number of hydrogen-bond acceptors (Lipinski definition) is 5. The van der Waals surface area contributed by atoms with E-state index in [1.807, 2.05) is 4.68 Å². The van der Waals surface area contributed by atoms with E-state index in [1.54, 1.807) is 7.11 Å². The summed E-state index contributed by atoms with van der Waals surface area (Å²) in [5.41, 5.74) is 1.17. The van der Waals surface area contributed by atoms with Crippen LogP contribution in [0.4, 0.5) is 0 Å². The van der Waals surface area contributed by atoms with Crippen LogP contribution in [-0.2, 0) is 22.4 Å². The van der Waals surface area contributed by atoms with Gasteiger partial charge in [0.25, 0.3) is 0 Å². The Bertz CT molecular complexity index is 514. The van der Waals surface area contributed by atoms with Crippen LogP contribution in [0.15, 0.2) is 0 Å². The second-order valence-electron chi connectivity index (χ2n) is 6.24. The van der Waals surface area contributed by atoms with Gasteiger partial charge in [-0.3, -0.25) is 0 Å². The molecular formula is C15H23N3O3. The van der Waals surface area contributed by atoms with Gasteiger partial charge in [0.15, 0.2) is 5.69 Å². The number of aromatic nitrogens is 3. The van der Waals surface area contributed by atoms with Crippen molar-refractivity contribution in [2.45, 2.75) is 38.6 Å². The van der Waals surface area contributed by atoms with Crippen molar-refractivity contribution in [3.8, 4) is 0 Å². The maximum Gasteiger partial charge on any atom is 0.360 e. The monoisotopic (exact) mass is 293 g/mol. The number of esters is 1. The van der Waals surface area contributed by atoms with Crippen LogP contribution in [0.25, 0.3) is 0 Å². The highest BCUT2D eigenvalue weighted by Gasteiger charge is 2.40. The highest BCUT2D eigenvalue weighted by atomic mass is 16.5. The van der Waals surface area contributed by atoms with Gasteiger partial charge in [-0.25, -0.2) is 9.48 Å². The van der Waals surface area contributed by atoms with Gasteiger partial charge in [0, 0.05) is 20.1 Å². The maximum atomic E-state index is 11.8. The first-order valence-electron chi connectivity index (χ1n) is 7.72. The summed E-state index contributed by atoms with van der Waals surface area (Å²) >= 11 is 0. The van der Waals surface area contributed by atoms with E-state index in [-0.39, 0.29) is 0 Å². The van der Waals surface area contributed by atoms with Gasteiger partial charge in [-0.15, -0.1) is 5.10 Å². The molecule has 0 aliphatic heterocycles. The first-order chi connectivity index (χ1) is 10.2. The second kappa shape index (κ2) is 6.13. The summed E-state index contributed by atoms with van der Waals surface area (Å²) in [6, 6.07) is 0. The highest BCUT2D eigenvalue weighted by molar-refractivity contribution is 5.88. The lowest BCUT2D eigenvalue weighted by Crippen LogP contribution is -2.20. The molecule has 0 aromatic carbocycles. The molecule has 2 saturated carbocycles. The Labute approximate surface area is 124 Å². The summed E-state index contributed by atoms with van der Waals surface area (Å²) in [5, 5.41) is 8.22. The van der Waals surface area contributed by atoms with Gasteiger partial charge < -0.3 is 9.47 Å². The molecule has 2 aliphatic rings. The van der Waals surface area contributed by atoms with Crippen LogP contribution in [0.1, 0.15) is 41.9 Å². The molecule has 116 valence electrons. The zero-order valence-corrected chi connectivity index (χ0v) is 12.7. The average molecular weight is 293 g/mol. The van der Waals surface area contributed by atoms with Crippen LogP contribution in [-0.4, -0.2) is 41.8 Å². The molecule has 6 nitrogen and oxygen atoms in total. The van der Waals surface area contributed by atoms with E-state index in [1.165, 1.54) is 32.8 Å². The fourth-order valence-corrected chi connectivity index (χ4v) is 4.00. The third kappa shape index (κ3) is 2.81. The molecular weight excluding hydrogens is 270 g/mol. The molecule has 0 saturated heterocycles. The van der Waals surface area contributed by atoms with E-state index in [0.29, 0.717) is 24.6 Å². The standard InChI is InChI=1S/C15H23N3O3/c1-20-6-5-13-14(15(19)21-2)16-17-18(13)9-12-8-10-3-4-11(12)7-10/h10-12H,3-9H2,1-2H3. The first kappa shape index (κ1) is 14.5. The molecule has 0 N–H and O–H groups in total. The van der Waals surface area contributed by atoms with Crippen molar-refractivity contribution in [3.63, 3.8) is 0 Å². The number of fused-ring (bicyclic) bond motifs is 2. The Morgan fingerprint density at radius 1 is 1.33 bits per heavy atom. The van der Waals surface area contributed by atoms with Crippen LogP contribution >= 0.6 is 0 Å². The Kier molecular flexibility index (Phi) is 4.24. The molecule has 0 spiro atoms. The molecule has 0 amide bonds. The number of methoxy groups -OCH3 is 2. The van der Waals surface area contributed by atoms with Gasteiger partial charge in [0.1, 0.15) is 0 Å². The topological polar surface area (TPSA) is 66.2 Å². The highest BCUT2D eigenvalue weighted by Crippen LogP contribution is 2.48. The smallest absolute Gasteiger partial charge is 0.360 e. The lowest BCUT2D eigenvalue weighted by atomic mass is 9.89. The van der Waals surface area contributed by atoms with E-state index in [9.17, 15) is 4.79 Å². The van der Waals surface area contributed by atoms with Crippen molar-refractivity contribution < 1.29 is 14.3 Å². The van der Waals surface area contributed by atoms with Gasteiger partial charge >= 0.3 is 5.97 Å². The van der Waals surface area contributed by atoms with E-state index in [2.05, 4.69) is 10.3 Å². The van der Waals surface area contributed by atoms with E-state index in [0.717, 1.165) is 24.1 Å². The average Bonchev–Trinajstić information content (AvgIpc) is 3.20. The van der Waals surface area contributed by atoms with Crippen molar-refractivity contribution in [3.05, 3.63) is 11.4 Å². The van der Waals surface area contributed by atoms with Gasteiger partial charge in [-0.05, 0) is 37.0 Å². The molecule has 2 aliphatic carbocycles. The number of carbonyl (C=O) groups is 1. The van der Waals surface area contributed by atoms with Crippen LogP contribution in [0.5, 0.6) is 0 Å². The number of rotatable bonds is 6. The van der Waals surface area contributed by atoms with Crippen LogP contribution < -0.4 is 0 Å². The van der Waals surface area contributed by atoms with Crippen LogP contribution in [0, 0.1) is 17.8 Å². The summed E-state index contributed by atoms with van der Waals surface area (Å²) in [6.45, 7) is 1.41. The van der Waals surface area contributed by atoms with E-state index < -0.39 is 5.97 Å². The minimum Gasteiger partial charge on any atom is -0.464 e. The summed E-state index contributed by atoms with van der Waals surface area (Å²) in [4.78, 5) is 11.8. The number of hydrogen-bond donors (Lipinski definition) is 0. The predicted octanol–water partition coefficient (Wildman–Crippen LogP) is 1.69. The molecule has 3 atom stereocenters. The van der Waals surface area contributed by atoms with Crippen molar-refractivity contribution in [1.29, 1.82) is 0 Å². The van der Waals surface area contributed by atoms with Crippen molar-refractivity contribution in [1.82, 2.24) is 15.0 Å². The van der Waals surface area contributed by atoms with Crippen LogP contribution in [0.2, 0.25) is 0 Å². The molecule has 1 heterocycles. The minimum atomic E-state index is -0.416. The third-order valence-corrected chi connectivity index (χ3v) is 5.05. The van der Waals surface area contributed by atoms with Gasteiger partial charge in [0.05, 0.1) is 19.4 Å². The summed E-state index contributed by atoms with van der Waals surface area (Å²) in [5.74, 6) is 2.00. The number of carbonyl (C=O) groups excluding carboxylic acids is 1. The lowest BCUT2D eigenvalue weighted by molar-refractivity contribution is 0.0592. The molecule has 1 aromatic heterocycles. The Morgan fingerprint density at radius 2 is 2.19 bits per heavy atom. The number of ether oxygens (including phenoxy) is 2. The molecule has 0 radical (unpaired) electrons. The number of nitrogens with zero attached hydrogens (tertiary/aromatic N) is 3. The molecule has 3 rings (SSSR count). The zero-order chi connectivity index (χ0) is 14.8. The quantitative estimate of drug-likeness (QED) is 0.747. The molecule has 2 fully saturated rings. The van der Waals surface area contributed by atoms with Gasteiger partial charge in [-0.2, -0.15) is 0 Å². The van der Waals surface area contributed by atoms with Crippen molar-refractivity contribution in [2.24, 2.45) is 17.8 Å². The van der Waals surface area contributed by atoms with Gasteiger partial charge in [0.2, 0.25) is 0 Å². The van der Waals surface area contributed by atoms with Gasteiger partial charge in [-0.1, -0.05) is 11.6 Å². The molecule has 3 unspecified atom stereocenters. The SMILES string of the molecule is COCCc1c(C(=O)OC)nnn1CC1CC2CCC1C2. The predicted molar refractivity (Wildman–Crippen MR) is 75.9 cm³/mol. The Balaban J connectivity index is 1.77. The van der Waals surface area contributed by atoms with E-state index >= 15 is 0 Å². The summed E-state index contributed by atoms with van der Waals surface area (Å²) in [6.07, 6.45) is 6.04. The van der Waals surface area contributed by atoms with Crippen LogP contribution in [0.3, 0.4) is 0 Å². The molecule has 1 aromatic rings. The summed E-state index contributed by atoms with van der Waals surface area (Å²) < 4.78 is 11.8. The normalized spacial score (nSPS) is 27.2. The fraction of sp³-hybridized carbons (Fsp3) is 0.800. The zero-order valence-electron chi connectivity index (χ0n) is 12.7.